The molecular weight excluding hydrogens is 292 g/mol. The van der Waals surface area contributed by atoms with Crippen molar-refractivity contribution in [2.75, 3.05) is 6.61 Å². The van der Waals surface area contributed by atoms with Crippen LogP contribution in [0.3, 0.4) is 0 Å². The van der Waals surface area contributed by atoms with E-state index >= 15 is 0 Å². The lowest BCUT2D eigenvalue weighted by Crippen LogP contribution is -2.47. The highest BCUT2D eigenvalue weighted by Crippen LogP contribution is 2.25. The summed E-state index contributed by atoms with van der Waals surface area (Å²) in [6.45, 7) is 7.65. The Hall–Kier alpha value is -1.56. The van der Waals surface area contributed by atoms with Crippen molar-refractivity contribution in [2.24, 2.45) is 13.0 Å². The van der Waals surface area contributed by atoms with E-state index in [1.165, 1.54) is 0 Å². The van der Waals surface area contributed by atoms with Gasteiger partial charge in [0.2, 0.25) is 0 Å². The smallest absolute Gasteiger partial charge is 0.315 e. The first-order valence-corrected chi connectivity index (χ1v) is 8.68. The van der Waals surface area contributed by atoms with Crippen LogP contribution in [0.15, 0.2) is 6.20 Å². The topological polar surface area (TPSA) is 68.2 Å². The minimum absolute atomic E-state index is 0.108. The summed E-state index contributed by atoms with van der Waals surface area (Å²) >= 11 is 0. The Kier molecular flexibility index (Phi) is 6.45. The molecule has 2 amide bonds. The number of urea groups is 1. The Morgan fingerprint density at radius 3 is 2.83 bits per heavy atom. The number of aromatic nitrogens is 2. The molecule has 0 unspecified atom stereocenters. The van der Waals surface area contributed by atoms with Gasteiger partial charge in [-0.3, -0.25) is 4.68 Å². The number of carbonyl (C=O) groups is 1. The van der Waals surface area contributed by atoms with E-state index in [2.05, 4.69) is 29.6 Å². The third-order valence-corrected chi connectivity index (χ3v) is 5.00. The lowest BCUT2D eigenvalue weighted by molar-refractivity contribution is -0.0331. The number of hydrogen-bond donors (Lipinski definition) is 2. The quantitative estimate of drug-likeness (QED) is 0.845. The highest BCUT2D eigenvalue weighted by atomic mass is 16.5. The molecule has 0 aliphatic carbocycles. The molecule has 130 valence electrons. The second-order valence-corrected chi connectivity index (χ2v) is 6.41. The summed E-state index contributed by atoms with van der Waals surface area (Å²) in [4.78, 5) is 12.1. The monoisotopic (exact) mass is 322 g/mol. The van der Waals surface area contributed by atoms with E-state index < -0.39 is 0 Å². The zero-order valence-corrected chi connectivity index (χ0v) is 14.8. The van der Waals surface area contributed by atoms with Crippen molar-refractivity contribution in [3.63, 3.8) is 0 Å². The molecule has 6 nitrogen and oxygen atoms in total. The van der Waals surface area contributed by atoms with Crippen LogP contribution in [0, 0.1) is 12.8 Å². The van der Waals surface area contributed by atoms with Crippen LogP contribution in [0.25, 0.3) is 0 Å². The van der Waals surface area contributed by atoms with Crippen molar-refractivity contribution < 1.29 is 9.53 Å². The number of amides is 2. The van der Waals surface area contributed by atoms with Crippen LogP contribution in [0.4, 0.5) is 4.79 Å². The van der Waals surface area contributed by atoms with Gasteiger partial charge in [-0.05, 0) is 25.7 Å². The molecule has 0 saturated carbocycles. The Bertz CT molecular complexity index is 511. The molecule has 2 rings (SSSR count). The molecular formula is C17H30N4O2. The molecule has 2 N–H and O–H groups in total. The molecule has 1 aliphatic rings. The summed E-state index contributed by atoms with van der Waals surface area (Å²) in [5, 5.41) is 10.2. The largest absolute Gasteiger partial charge is 0.378 e. The number of aryl methyl sites for hydroxylation is 1. The number of hydrogen-bond acceptors (Lipinski definition) is 3. The van der Waals surface area contributed by atoms with E-state index in [1.54, 1.807) is 6.20 Å². The van der Waals surface area contributed by atoms with Crippen LogP contribution in [-0.2, 0) is 18.3 Å². The Balaban J connectivity index is 1.79. The average Bonchev–Trinajstić information content (AvgIpc) is 2.86. The number of nitrogens with one attached hydrogen (secondary N) is 2. The molecule has 1 aliphatic heterocycles. The van der Waals surface area contributed by atoms with Gasteiger partial charge in [0.05, 0.1) is 12.3 Å². The molecule has 1 fully saturated rings. The fourth-order valence-corrected chi connectivity index (χ4v) is 3.23. The summed E-state index contributed by atoms with van der Waals surface area (Å²) in [6.07, 6.45) is 6.11. The van der Waals surface area contributed by atoms with E-state index in [1.807, 2.05) is 18.7 Å². The second-order valence-electron chi connectivity index (χ2n) is 6.41. The molecule has 2 atom stereocenters. The predicted molar refractivity (Wildman–Crippen MR) is 90.2 cm³/mol. The zero-order valence-electron chi connectivity index (χ0n) is 14.8. The minimum atomic E-state index is -0.108. The molecule has 0 aromatic carbocycles. The van der Waals surface area contributed by atoms with Crippen molar-refractivity contribution in [1.29, 1.82) is 0 Å². The van der Waals surface area contributed by atoms with E-state index in [0.717, 1.165) is 43.5 Å². The summed E-state index contributed by atoms with van der Waals surface area (Å²) < 4.78 is 7.71. The van der Waals surface area contributed by atoms with Gasteiger partial charge >= 0.3 is 6.03 Å². The summed E-state index contributed by atoms with van der Waals surface area (Å²) in [5.41, 5.74) is 2.12. The molecule has 23 heavy (non-hydrogen) atoms. The highest BCUT2D eigenvalue weighted by Gasteiger charge is 2.28. The standard InChI is InChI=1S/C17H30N4O2/c1-5-13(6-2)16-9-15(7-8-23-16)20-17(22)18-10-14-11-19-21(4)12(14)3/h11,13,15-16H,5-10H2,1-4H3,(H2,18,20,22)/t15-,16-/m1/s1. The number of rotatable bonds is 6. The lowest BCUT2D eigenvalue weighted by atomic mass is 9.89. The predicted octanol–water partition coefficient (Wildman–Crippen LogP) is 2.51. The molecule has 0 spiro atoms. The van der Waals surface area contributed by atoms with Crippen LogP contribution >= 0.6 is 0 Å². The molecule has 1 aromatic heterocycles. The van der Waals surface area contributed by atoms with Crippen LogP contribution in [0.1, 0.15) is 50.8 Å². The number of carbonyl (C=O) groups excluding carboxylic acids is 1. The maximum atomic E-state index is 12.1. The molecule has 0 bridgehead atoms. The van der Waals surface area contributed by atoms with E-state index in [9.17, 15) is 4.79 Å². The second kappa shape index (κ2) is 8.34. The fraction of sp³-hybridized carbons (Fsp3) is 0.765. The maximum absolute atomic E-state index is 12.1. The van der Waals surface area contributed by atoms with Gasteiger partial charge in [0.25, 0.3) is 0 Å². The van der Waals surface area contributed by atoms with Crippen molar-refractivity contribution in [2.45, 2.75) is 65.1 Å². The van der Waals surface area contributed by atoms with Gasteiger partial charge in [0, 0.05) is 37.5 Å². The van der Waals surface area contributed by atoms with Crippen LogP contribution in [0.2, 0.25) is 0 Å². The number of nitrogens with zero attached hydrogens (tertiary/aromatic N) is 2. The minimum Gasteiger partial charge on any atom is -0.378 e. The Labute approximate surface area is 139 Å². The van der Waals surface area contributed by atoms with E-state index in [4.69, 9.17) is 4.74 Å². The molecule has 1 saturated heterocycles. The average molecular weight is 322 g/mol. The van der Waals surface area contributed by atoms with Crippen LogP contribution in [0.5, 0.6) is 0 Å². The van der Waals surface area contributed by atoms with E-state index in [0.29, 0.717) is 12.5 Å². The summed E-state index contributed by atoms with van der Waals surface area (Å²) in [6, 6.07) is 0.0906. The first-order valence-electron chi connectivity index (χ1n) is 8.68. The van der Waals surface area contributed by atoms with Gasteiger partial charge in [-0.1, -0.05) is 26.7 Å². The van der Waals surface area contributed by atoms with Gasteiger partial charge in [-0.2, -0.15) is 5.10 Å². The van der Waals surface area contributed by atoms with Gasteiger partial charge in [0.15, 0.2) is 0 Å². The fourth-order valence-electron chi connectivity index (χ4n) is 3.23. The molecule has 1 aromatic rings. The molecule has 2 heterocycles. The van der Waals surface area contributed by atoms with E-state index in [-0.39, 0.29) is 18.2 Å². The maximum Gasteiger partial charge on any atom is 0.315 e. The van der Waals surface area contributed by atoms with Gasteiger partial charge in [0.1, 0.15) is 0 Å². The van der Waals surface area contributed by atoms with Crippen LogP contribution in [-0.4, -0.2) is 34.6 Å². The molecule has 6 heteroatoms. The summed E-state index contributed by atoms with van der Waals surface area (Å²) in [7, 11) is 1.90. The van der Waals surface area contributed by atoms with Crippen LogP contribution < -0.4 is 10.6 Å². The van der Waals surface area contributed by atoms with Gasteiger partial charge < -0.3 is 15.4 Å². The Morgan fingerprint density at radius 1 is 1.48 bits per heavy atom. The third-order valence-electron chi connectivity index (χ3n) is 5.00. The normalized spacial score (nSPS) is 21.4. The van der Waals surface area contributed by atoms with Crippen molar-refractivity contribution in [3.05, 3.63) is 17.5 Å². The van der Waals surface area contributed by atoms with Gasteiger partial charge in [-0.25, -0.2) is 4.79 Å². The first kappa shape index (κ1) is 17.8. The summed E-state index contributed by atoms with van der Waals surface area (Å²) in [5.74, 6) is 0.584. The number of ether oxygens (including phenoxy) is 1. The third kappa shape index (κ3) is 4.70. The Morgan fingerprint density at radius 2 is 2.22 bits per heavy atom. The first-order chi connectivity index (χ1) is 11.0. The van der Waals surface area contributed by atoms with Gasteiger partial charge in [-0.15, -0.1) is 0 Å². The highest BCUT2D eigenvalue weighted by molar-refractivity contribution is 5.74. The zero-order chi connectivity index (χ0) is 16.8. The van der Waals surface area contributed by atoms with Crippen molar-refractivity contribution in [1.82, 2.24) is 20.4 Å². The SMILES string of the molecule is CCC(CC)[C@H]1C[C@H](NC(=O)NCc2cnn(C)c2C)CCO1. The van der Waals surface area contributed by atoms with Crippen molar-refractivity contribution >= 4 is 6.03 Å². The molecule has 0 radical (unpaired) electrons. The van der Waals surface area contributed by atoms with Crippen molar-refractivity contribution in [3.8, 4) is 0 Å². The lowest BCUT2D eigenvalue weighted by Gasteiger charge is -2.34.